The minimum Gasteiger partial charge on any atom is -0.308 e. The SMILES string of the molecule is CCCCCCN1CC(CC)(CC)NCC1C(C)C. The summed E-state index contributed by atoms with van der Waals surface area (Å²) in [6.07, 6.45) is 8.00. The number of nitrogens with one attached hydrogen (secondary N) is 1. The molecule has 0 aromatic rings. The van der Waals surface area contributed by atoms with Gasteiger partial charge in [0.25, 0.3) is 0 Å². The van der Waals surface area contributed by atoms with Gasteiger partial charge in [-0.25, -0.2) is 0 Å². The molecule has 0 amide bonds. The third kappa shape index (κ3) is 4.75. The predicted molar refractivity (Wildman–Crippen MR) is 85.7 cm³/mol. The zero-order valence-corrected chi connectivity index (χ0v) is 14.0. The predicted octanol–water partition coefficient (Wildman–Crippen LogP) is 4.06. The van der Waals surface area contributed by atoms with Crippen LogP contribution in [0, 0.1) is 5.92 Å². The number of piperazine rings is 1. The smallest absolute Gasteiger partial charge is 0.0304 e. The molecule has 1 N–H and O–H groups in total. The van der Waals surface area contributed by atoms with E-state index >= 15 is 0 Å². The molecule has 2 nitrogen and oxygen atoms in total. The molecule has 114 valence electrons. The summed E-state index contributed by atoms with van der Waals surface area (Å²) >= 11 is 0. The summed E-state index contributed by atoms with van der Waals surface area (Å²) in [5, 5.41) is 3.85. The Morgan fingerprint density at radius 1 is 1.11 bits per heavy atom. The van der Waals surface area contributed by atoms with Crippen molar-refractivity contribution in [2.24, 2.45) is 5.92 Å². The monoisotopic (exact) mass is 268 g/mol. The fraction of sp³-hybridized carbons (Fsp3) is 1.00. The highest BCUT2D eigenvalue weighted by Gasteiger charge is 2.37. The Labute approximate surface area is 121 Å². The normalized spacial score (nSPS) is 24.0. The highest BCUT2D eigenvalue weighted by molar-refractivity contribution is 4.97. The third-order valence-electron chi connectivity index (χ3n) is 5.08. The Hall–Kier alpha value is -0.0800. The Kier molecular flexibility index (Phi) is 7.38. The van der Waals surface area contributed by atoms with Gasteiger partial charge in [0.1, 0.15) is 0 Å². The molecule has 1 aliphatic heterocycles. The van der Waals surface area contributed by atoms with Crippen molar-refractivity contribution in [1.82, 2.24) is 10.2 Å². The van der Waals surface area contributed by atoms with Gasteiger partial charge in [-0.3, -0.25) is 4.90 Å². The molecule has 1 fully saturated rings. The van der Waals surface area contributed by atoms with Crippen molar-refractivity contribution in [3.05, 3.63) is 0 Å². The molecule has 1 heterocycles. The second kappa shape index (κ2) is 8.26. The topological polar surface area (TPSA) is 15.3 Å². The molecule has 0 spiro atoms. The largest absolute Gasteiger partial charge is 0.308 e. The molecule has 19 heavy (non-hydrogen) atoms. The van der Waals surface area contributed by atoms with Crippen molar-refractivity contribution >= 4 is 0 Å². The number of unbranched alkanes of at least 4 members (excludes halogenated alkanes) is 3. The molecule has 1 rings (SSSR count). The van der Waals surface area contributed by atoms with Gasteiger partial charge in [0.05, 0.1) is 0 Å². The molecular weight excluding hydrogens is 232 g/mol. The van der Waals surface area contributed by atoms with Gasteiger partial charge in [0.15, 0.2) is 0 Å². The summed E-state index contributed by atoms with van der Waals surface area (Å²) in [6, 6.07) is 0.729. The van der Waals surface area contributed by atoms with Crippen molar-refractivity contribution in [3.8, 4) is 0 Å². The molecule has 1 aliphatic rings. The molecule has 2 heteroatoms. The third-order valence-corrected chi connectivity index (χ3v) is 5.08. The summed E-state index contributed by atoms with van der Waals surface area (Å²) in [6.45, 7) is 15.4. The second-order valence-electron chi connectivity index (χ2n) is 6.71. The molecule has 0 bridgehead atoms. The van der Waals surface area contributed by atoms with Crippen LogP contribution in [0.25, 0.3) is 0 Å². The van der Waals surface area contributed by atoms with Crippen LogP contribution in [0.3, 0.4) is 0 Å². The number of rotatable bonds is 8. The first kappa shape index (κ1) is 17.0. The van der Waals surface area contributed by atoms with Crippen molar-refractivity contribution in [1.29, 1.82) is 0 Å². The maximum atomic E-state index is 3.85. The van der Waals surface area contributed by atoms with E-state index in [1.165, 1.54) is 58.2 Å². The van der Waals surface area contributed by atoms with Crippen molar-refractivity contribution < 1.29 is 0 Å². The molecule has 0 aromatic heterocycles. The summed E-state index contributed by atoms with van der Waals surface area (Å²) in [5.74, 6) is 0.755. The van der Waals surface area contributed by atoms with Crippen LogP contribution in [0.4, 0.5) is 0 Å². The molecule has 0 aromatic carbocycles. The molecule has 1 atom stereocenters. The number of hydrogen-bond donors (Lipinski definition) is 1. The summed E-state index contributed by atoms with van der Waals surface area (Å²) < 4.78 is 0. The quantitative estimate of drug-likeness (QED) is 0.668. The zero-order chi connectivity index (χ0) is 14.3. The van der Waals surface area contributed by atoms with E-state index < -0.39 is 0 Å². The van der Waals surface area contributed by atoms with Crippen LogP contribution in [0.15, 0.2) is 0 Å². The Balaban J connectivity index is 2.57. The molecule has 0 saturated carbocycles. The second-order valence-corrected chi connectivity index (χ2v) is 6.71. The lowest BCUT2D eigenvalue weighted by Gasteiger charge is -2.49. The first-order chi connectivity index (χ1) is 9.08. The van der Waals surface area contributed by atoms with Gasteiger partial charge in [-0.05, 0) is 31.7 Å². The van der Waals surface area contributed by atoms with Crippen LogP contribution < -0.4 is 5.32 Å². The molecule has 1 saturated heterocycles. The lowest BCUT2D eigenvalue weighted by atomic mass is 9.86. The molecule has 1 unspecified atom stereocenters. The summed E-state index contributed by atoms with van der Waals surface area (Å²) in [4.78, 5) is 2.78. The van der Waals surface area contributed by atoms with Crippen LogP contribution in [-0.2, 0) is 0 Å². The highest BCUT2D eigenvalue weighted by Crippen LogP contribution is 2.26. The fourth-order valence-electron chi connectivity index (χ4n) is 3.38. The van der Waals surface area contributed by atoms with E-state index in [9.17, 15) is 0 Å². The Morgan fingerprint density at radius 3 is 2.32 bits per heavy atom. The van der Waals surface area contributed by atoms with Crippen LogP contribution in [-0.4, -0.2) is 36.1 Å². The first-order valence-corrected chi connectivity index (χ1v) is 8.57. The lowest BCUT2D eigenvalue weighted by Crippen LogP contribution is -2.65. The van der Waals surface area contributed by atoms with E-state index in [1.54, 1.807) is 0 Å². The van der Waals surface area contributed by atoms with Gasteiger partial charge in [0, 0.05) is 24.7 Å². The van der Waals surface area contributed by atoms with Gasteiger partial charge in [-0.1, -0.05) is 53.9 Å². The van der Waals surface area contributed by atoms with E-state index in [0.717, 1.165) is 12.0 Å². The average molecular weight is 268 g/mol. The van der Waals surface area contributed by atoms with Crippen molar-refractivity contribution in [2.75, 3.05) is 19.6 Å². The van der Waals surface area contributed by atoms with E-state index in [2.05, 4.69) is 44.8 Å². The maximum absolute atomic E-state index is 3.85. The Morgan fingerprint density at radius 2 is 1.79 bits per heavy atom. The fourth-order valence-corrected chi connectivity index (χ4v) is 3.38. The molecular formula is C17H36N2. The number of hydrogen-bond acceptors (Lipinski definition) is 2. The molecule has 0 radical (unpaired) electrons. The maximum Gasteiger partial charge on any atom is 0.0304 e. The van der Waals surface area contributed by atoms with Gasteiger partial charge < -0.3 is 5.32 Å². The minimum atomic E-state index is 0.371. The average Bonchev–Trinajstić information content (AvgIpc) is 2.43. The van der Waals surface area contributed by atoms with E-state index in [4.69, 9.17) is 0 Å². The zero-order valence-electron chi connectivity index (χ0n) is 14.0. The highest BCUT2D eigenvalue weighted by atomic mass is 15.3. The van der Waals surface area contributed by atoms with Crippen LogP contribution >= 0.6 is 0 Å². The van der Waals surface area contributed by atoms with Crippen LogP contribution in [0.1, 0.15) is 73.1 Å². The van der Waals surface area contributed by atoms with Gasteiger partial charge in [0.2, 0.25) is 0 Å². The standard InChI is InChI=1S/C17H36N2/c1-6-9-10-11-12-19-14-17(7-2,8-3)18-13-16(19)15(4)5/h15-16,18H,6-14H2,1-5H3. The van der Waals surface area contributed by atoms with E-state index in [0.29, 0.717) is 5.54 Å². The Bertz CT molecular complexity index is 233. The van der Waals surface area contributed by atoms with Crippen LogP contribution in [0.2, 0.25) is 0 Å². The molecule has 0 aliphatic carbocycles. The lowest BCUT2D eigenvalue weighted by molar-refractivity contribution is 0.0491. The van der Waals surface area contributed by atoms with E-state index in [1.807, 2.05) is 0 Å². The van der Waals surface area contributed by atoms with E-state index in [-0.39, 0.29) is 0 Å². The summed E-state index contributed by atoms with van der Waals surface area (Å²) in [5.41, 5.74) is 0.371. The van der Waals surface area contributed by atoms with Gasteiger partial charge >= 0.3 is 0 Å². The van der Waals surface area contributed by atoms with Crippen molar-refractivity contribution in [2.45, 2.75) is 84.7 Å². The van der Waals surface area contributed by atoms with Crippen molar-refractivity contribution in [3.63, 3.8) is 0 Å². The van der Waals surface area contributed by atoms with Gasteiger partial charge in [-0.15, -0.1) is 0 Å². The first-order valence-electron chi connectivity index (χ1n) is 8.57. The van der Waals surface area contributed by atoms with Crippen LogP contribution in [0.5, 0.6) is 0 Å². The van der Waals surface area contributed by atoms with Gasteiger partial charge in [-0.2, -0.15) is 0 Å². The minimum absolute atomic E-state index is 0.371. The summed E-state index contributed by atoms with van der Waals surface area (Å²) in [7, 11) is 0. The number of nitrogens with zero attached hydrogens (tertiary/aromatic N) is 1.